The Bertz CT molecular complexity index is 684. The maximum atomic E-state index is 12.2. The molecule has 0 aromatic heterocycles. The molecule has 0 fully saturated rings. The quantitative estimate of drug-likeness (QED) is 0.822. The Morgan fingerprint density at radius 3 is 2.46 bits per heavy atom. The van der Waals surface area contributed by atoms with Gasteiger partial charge in [0, 0.05) is 6.54 Å². The lowest BCUT2D eigenvalue weighted by molar-refractivity contribution is -0.122. The molecule has 0 saturated carbocycles. The van der Waals surface area contributed by atoms with E-state index in [0.29, 0.717) is 5.75 Å². The van der Waals surface area contributed by atoms with Gasteiger partial charge in [-0.1, -0.05) is 42.0 Å². The third-order valence-electron chi connectivity index (χ3n) is 3.88. The van der Waals surface area contributed by atoms with E-state index in [4.69, 9.17) is 4.74 Å². The molecule has 0 bridgehead atoms. The van der Waals surface area contributed by atoms with Crippen LogP contribution in [-0.4, -0.2) is 30.3 Å². The fraction of sp³-hybridized carbons (Fsp3) is 0.350. The van der Waals surface area contributed by atoms with Crippen molar-refractivity contribution < 1.29 is 14.6 Å². The van der Waals surface area contributed by atoms with Gasteiger partial charge in [0.2, 0.25) is 5.91 Å². The van der Waals surface area contributed by atoms with Crippen LogP contribution in [-0.2, 0) is 4.79 Å². The summed E-state index contributed by atoms with van der Waals surface area (Å²) in [5, 5.41) is 12.8. The highest BCUT2D eigenvalue weighted by Crippen LogP contribution is 2.16. The highest BCUT2D eigenvalue weighted by Gasteiger charge is 2.16. The molecule has 0 heterocycles. The molecule has 2 aromatic carbocycles. The molecule has 128 valence electrons. The molecule has 24 heavy (non-hydrogen) atoms. The van der Waals surface area contributed by atoms with Crippen LogP contribution in [0.5, 0.6) is 5.75 Å². The van der Waals surface area contributed by atoms with Crippen LogP contribution in [0.15, 0.2) is 48.5 Å². The number of aryl methyl sites for hydroxylation is 2. The summed E-state index contributed by atoms with van der Waals surface area (Å²) in [5.41, 5.74) is 3.19. The molecule has 2 N–H and O–H groups in total. The van der Waals surface area contributed by atoms with Crippen molar-refractivity contribution in [3.63, 3.8) is 0 Å². The Kier molecular flexibility index (Phi) is 6.38. The van der Waals surface area contributed by atoms with Crippen LogP contribution in [0.25, 0.3) is 0 Å². The van der Waals surface area contributed by atoms with Gasteiger partial charge < -0.3 is 15.2 Å². The van der Waals surface area contributed by atoms with Gasteiger partial charge in [0.1, 0.15) is 18.5 Å². The largest absolute Gasteiger partial charge is 0.491 e. The van der Waals surface area contributed by atoms with E-state index in [1.807, 2.05) is 69.3 Å². The molecule has 0 aliphatic carbocycles. The number of rotatable bonds is 7. The summed E-state index contributed by atoms with van der Waals surface area (Å²) in [4.78, 5) is 12.2. The monoisotopic (exact) mass is 327 g/mol. The van der Waals surface area contributed by atoms with Crippen molar-refractivity contribution in [1.82, 2.24) is 5.32 Å². The number of carbonyl (C=O) groups excluding carboxylic acids is 1. The zero-order chi connectivity index (χ0) is 17.5. The van der Waals surface area contributed by atoms with Crippen LogP contribution < -0.4 is 10.1 Å². The van der Waals surface area contributed by atoms with Crippen LogP contribution >= 0.6 is 0 Å². The predicted molar refractivity (Wildman–Crippen MR) is 95.3 cm³/mol. The lowest BCUT2D eigenvalue weighted by Crippen LogP contribution is -2.37. The van der Waals surface area contributed by atoms with Crippen molar-refractivity contribution in [1.29, 1.82) is 0 Å². The van der Waals surface area contributed by atoms with E-state index >= 15 is 0 Å². The number of hydrogen-bond donors (Lipinski definition) is 2. The van der Waals surface area contributed by atoms with Crippen molar-refractivity contribution >= 4 is 5.91 Å². The van der Waals surface area contributed by atoms with Crippen molar-refractivity contribution in [2.45, 2.75) is 32.8 Å². The molecule has 1 amide bonds. The lowest BCUT2D eigenvalue weighted by Gasteiger charge is -2.16. The molecular weight excluding hydrogens is 302 g/mol. The van der Waals surface area contributed by atoms with Crippen molar-refractivity contribution in [2.75, 3.05) is 13.2 Å². The summed E-state index contributed by atoms with van der Waals surface area (Å²) in [5.74, 6) is 0.360. The summed E-state index contributed by atoms with van der Waals surface area (Å²) in [6.07, 6.45) is -0.751. The summed E-state index contributed by atoms with van der Waals surface area (Å²) < 4.78 is 5.54. The normalized spacial score (nSPS) is 13.2. The van der Waals surface area contributed by atoms with Crippen LogP contribution in [0.2, 0.25) is 0 Å². The van der Waals surface area contributed by atoms with E-state index in [0.717, 1.165) is 16.7 Å². The minimum atomic E-state index is -0.751. The third-order valence-corrected chi connectivity index (χ3v) is 3.88. The van der Waals surface area contributed by atoms with E-state index in [-0.39, 0.29) is 25.0 Å². The number of amides is 1. The molecule has 0 saturated heterocycles. The Morgan fingerprint density at radius 1 is 1.12 bits per heavy atom. The number of aliphatic hydroxyl groups is 1. The van der Waals surface area contributed by atoms with Crippen LogP contribution in [0, 0.1) is 13.8 Å². The topological polar surface area (TPSA) is 58.6 Å². The number of hydrogen-bond acceptors (Lipinski definition) is 3. The molecule has 2 atom stereocenters. The second-order valence-electron chi connectivity index (χ2n) is 6.16. The van der Waals surface area contributed by atoms with Crippen molar-refractivity contribution in [3.8, 4) is 5.75 Å². The van der Waals surface area contributed by atoms with Crippen LogP contribution in [0.1, 0.15) is 29.5 Å². The lowest BCUT2D eigenvalue weighted by atomic mass is 9.98. The van der Waals surface area contributed by atoms with Gasteiger partial charge >= 0.3 is 0 Å². The van der Waals surface area contributed by atoms with Crippen molar-refractivity contribution in [3.05, 3.63) is 65.2 Å². The second kappa shape index (κ2) is 8.50. The minimum Gasteiger partial charge on any atom is -0.491 e. The Morgan fingerprint density at radius 2 is 1.79 bits per heavy atom. The number of nitrogens with one attached hydrogen (secondary N) is 1. The third kappa shape index (κ3) is 5.39. The molecule has 0 spiro atoms. The molecule has 0 aliphatic heterocycles. The standard InChI is InChI=1S/C20H25NO3/c1-14-6-4-8-17(10-14)16(3)20(23)21-12-18(22)13-24-19-9-5-7-15(2)11-19/h4-11,16,18,22H,12-13H2,1-3H3,(H,21,23). The summed E-state index contributed by atoms with van der Waals surface area (Å²) in [7, 11) is 0. The van der Waals surface area contributed by atoms with Gasteiger partial charge in [0.05, 0.1) is 5.92 Å². The van der Waals surface area contributed by atoms with Gasteiger partial charge in [0.15, 0.2) is 0 Å². The van der Waals surface area contributed by atoms with E-state index in [9.17, 15) is 9.90 Å². The first-order valence-corrected chi connectivity index (χ1v) is 8.17. The van der Waals surface area contributed by atoms with E-state index in [1.54, 1.807) is 0 Å². The van der Waals surface area contributed by atoms with E-state index in [2.05, 4.69) is 5.32 Å². The van der Waals surface area contributed by atoms with Gasteiger partial charge in [0.25, 0.3) is 0 Å². The first kappa shape index (κ1) is 18.0. The fourth-order valence-electron chi connectivity index (χ4n) is 2.42. The van der Waals surface area contributed by atoms with E-state index in [1.165, 1.54) is 0 Å². The highest BCUT2D eigenvalue weighted by molar-refractivity contribution is 5.83. The number of aliphatic hydroxyl groups excluding tert-OH is 1. The summed E-state index contributed by atoms with van der Waals surface area (Å²) in [6, 6.07) is 15.5. The fourth-order valence-corrected chi connectivity index (χ4v) is 2.42. The average molecular weight is 327 g/mol. The Hall–Kier alpha value is -2.33. The molecular formula is C20H25NO3. The summed E-state index contributed by atoms with van der Waals surface area (Å²) >= 11 is 0. The number of benzene rings is 2. The maximum Gasteiger partial charge on any atom is 0.227 e. The summed E-state index contributed by atoms with van der Waals surface area (Å²) in [6.45, 7) is 6.15. The van der Waals surface area contributed by atoms with Gasteiger partial charge in [-0.25, -0.2) is 0 Å². The van der Waals surface area contributed by atoms with Gasteiger partial charge in [-0.3, -0.25) is 4.79 Å². The molecule has 0 radical (unpaired) electrons. The van der Waals surface area contributed by atoms with E-state index < -0.39 is 6.10 Å². The first-order chi connectivity index (χ1) is 11.5. The first-order valence-electron chi connectivity index (χ1n) is 8.17. The number of carbonyl (C=O) groups is 1. The van der Waals surface area contributed by atoms with Crippen LogP contribution in [0.4, 0.5) is 0 Å². The SMILES string of the molecule is Cc1cccc(OCC(O)CNC(=O)C(C)c2cccc(C)c2)c1. The molecule has 2 rings (SSSR count). The smallest absolute Gasteiger partial charge is 0.227 e. The minimum absolute atomic E-state index is 0.102. The van der Waals surface area contributed by atoms with Gasteiger partial charge in [-0.15, -0.1) is 0 Å². The Labute approximate surface area is 143 Å². The average Bonchev–Trinajstić information content (AvgIpc) is 2.57. The molecule has 4 nitrogen and oxygen atoms in total. The second-order valence-corrected chi connectivity index (χ2v) is 6.16. The van der Waals surface area contributed by atoms with Gasteiger partial charge in [-0.2, -0.15) is 0 Å². The molecule has 4 heteroatoms. The van der Waals surface area contributed by atoms with Crippen molar-refractivity contribution in [2.24, 2.45) is 0 Å². The highest BCUT2D eigenvalue weighted by atomic mass is 16.5. The predicted octanol–water partition coefficient (Wildman–Crippen LogP) is 2.96. The Balaban J connectivity index is 1.78. The zero-order valence-corrected chi connectivity index (χ0v) is 14.5. The zero-order valence-electron chi connectivity index (χ0n) is 14.5. The maximum absolute atomic E-state index is 12.2. The van der Waals surface area contributed by atoms with Crippen LogP contribution in [0.3, 0.4) is 0 Å². The number of ether oxygens (including phenoxy) is 1. The molecule has 2 unspecified atom stereocenters. The molecule has 0 aliphatic rings. The molecule has 2 aromatic rings. The van der Waals surface area contributed by atoms with Gasteiger partial charge in [-0.05, 0) is 44.0 Å².